The van der Waals surface area contributed by atoms with Gasteiger partial charge in [0.2, 0.25) is 5.52 Å². The highest BCUT2D eigenvalue weighted by molar-refractivity contribution is 9.10. The zero-order valence-corrected chi connectivity index (χ0v) is 16.1. The third kappa shape index (κ3) is 3.44. The molecule has 9 nitrogen and oxygen atoms in total. The van der Waals surface area contributed by atoms with Crippen molar-refractivity contribution in [3.8, 4) is 0 Å². The molecule has 0 unspecified atom stereocenters. The Morgan fingerprint density at radius 2 is 2.04 bits per heavy atom. The van der Waals surface area contributed by atoms with Crippen molar-refractivity contribution in [2.24, 2.45) is 5.92 Å². The number of nitro groups is 1. The van der Waals surface area contributed by atoms with E-state index < -0.39 is 4.92 Å². The van der Waals surface area contributed by atoms with Gasteiger partial charge in [0.15, 0.2) is 5.52 Å². The highest BCUT2D eigenvalue weighted by Gasteiger charge is 2.30. The molecule has 1 aliphatic rings. The minimum absolute atomic E-state index is 0.0740. The van der Waals surface area contributed by atoms with Crippen LogP contribution in [0.2, 0.25) is 0 Å². The molecule has 1 fully saturated rings. The van der Waals surface area contributed by atoms with E-state index in [1.54, 1.807) is 18.3 Å². The highest BCUT2D eigenvalue weighted by Crippen LogP contribution is 2.40. The van der Waals surface area contributed by atoms with E-state index in [9.17, 15) is 10.1 Å². The highest BCUT2D eigenvalue weighted by atomic mass is 79.9. The normalized spacial score (nSPS) is 15.3. The number of aromatic nitrogens is 3. The minimum atomic E-state index is -0.415. The summed E-state index contributed by atoms with van der Waals surface area (Å²) in [6, 6.07) is 5.39. The van der Waals surface area contributed by atoms with Crippen LogP contribution in [0.5, 0.6) is 0 Å². The van der Waals surface area contributed by atoms with Gasteiger partial charge in [-0.15, -0.1) is 0 Å². The molecule has 1 saturated heterocycles. The SMILES string of the molecule is CC1CCN(c2cc(Nc3ccc(Br)cn3)c3nonc3c2[N+](=O)[O-])CC1. The van der Waals surface area contributed by atoms with Gasteiger partial charge in [0, 0.05) is 23.8 Å². The maximum Gasteiger partial charge on any atom is 0.323 e. The molecule has 2 aromatic heterocycles. The molecule has 0 saturated carbocycles. The molecule has 0 atom stereocenters. The van der Waals surface area contributed by atoms with Gasteiger partial charge in [-0.3, -0.25) is 10.1 Å². The summed E-state index contributed by atoms with van der Waals surface area (Å²) < 4.78 is 5.68. The quantitative estimate of drug-likeness (QED) is 0.480. The van der Waals surface area contributed by atoms with Crippen LogP contribution in [0.1, 0.15) is 19.8 Å². The number of rotatable bonds is 4. The predicted octanol–water partition coefficient (Wildman–Crippen LogP) is 4.27. The predicted molar refractivity (Wildman–Crippen MR) is 104 cm³/mol. The van der Waals surface area contributed by atoms with Gasteiger partial charge in [-0.25, -0.2) is 9.61 Å². The Morgan fingerprint density at radius 1 is 1.30 bits per heavy atom. The lowest BCUT2D eigenvalue weighted by Crippen LogP contribution is -2.33. The van der Waals surface area contributed by atoms with Crippen LogP contribution in [0.4, 0.5) is 22.9 Å². The Hall–Kier alpha value is -2.75. The molecule has 10 heteroatoms. The third-order valence-corrected chi connectivity index (χ3v) is 5.26. The van der Waals surface area contributed by atoms with Gasteiger partial charge in [0.05, 0.1) is 10.6 Å². The lowest BCUT2D eigenvalue weighted by molar-refractivity contribution is -0.382. The maximum absolute atomic E-state index is 11.8. The second-order valence-electron chi connectivity index (χ2n) is 6.67. The molecule has 140 valence electrons. The number of piperidine rings is 1. The molecular formula is C17H17BrN6O3. The fourth-order valence-corrected chi connectivity index (χ4v) is 3.50. The van der Waals surface area contributed by atoms with E-state index in [1.807, 2.05) is 11.0 Å². The average Bonchev–Trinajstić information content (AvgIpc) is 3.13. The molecule has 0 aliphatic carbocycles. The van der Waals surface area contributed by atoms with Gasteiger partial charge in [0.25, 0.3) is 0 Å². The van der Waals surface area contributed by atoms with Crippen LogP contribution in [0.25, 0.3) is 11.0 Å². The topological polar surface area (TPSA) is 110 Å². The van der Waals surface area contributed by atoms with E-state index in [-0.39, 0.29) is 11.2 Å². The van der Waals surface area contributed by atoms with Gasteiger partial charge < -0.3 is 10.2 Å². The average molecular weight is 433 g/mol. The van der Waals surface area contributed by atoms with Crippen molar-refractivity contribution in [2.45, 2.75) is 19.8 Å². The molecule has 4 rings (SSSR count). The largest absolute Gasteiger partial charge is 0.366 e. The van der Waals surface area contributed by atoms with Crippen molar-refractivity contribution < 1.29 is 9.55 Å². The standard InChI is InChI=1S/C17H17BrN6O3/c1-10-4-6-23(7-5-10)13-8-12(20-14-3-2-11(18)9-19-14)15-16(22-27-21-15)17(13)24(25)26/h2-3,8-10H,4-7H2,1H3,(H,19,20). The Kier molecular flexibility index (Phi) is 4.65. The smallest absolute Gasteiger partial charge is 0.323 e. The molecule has 27 heavy (non-hydrogen) atoms. The first-order valence-electron chi connectivity index (χ1n) is 8.60. The van der Waals surface area contributed by atoms with Gasteiger partial charge in [-0.2, -0.15) is 0 Å². The van der Waals surface area contributed by atoms with Gasteiger partial charge in [-0.05, 0) is 63.2 Å². The first-order valence-corrected chi connectivity index (χ1v) is 9.39. The zero-order chi connectivity index (χ0) is 19.0. The van der Waals surface area contributed by atoms with Crippen LogP contribution in [-0.4, -0.2) is 33.3 Å². The van der Waals surface area contributed by atoms with Crippen LogP contribution in [0.3, 0.4) is 0 Å². The first kappa shape index (κ1) is 17.7. The maximum atomic E-state index is 11.8. The van der Waals surface area contributed by atoms with Crippen molar-refractivity contribution in [1.82, 2.24) is 15.3 Å². The Morgan fingerprint density at radius 3 is 2.70 bits per heavy atom. The molecule has 0 amide bonds. The lowest BCUT2D eigenvalue weighted by atomic mass is 9.98. The molecule has 1 aromatic carbocycles. The van der Waals surface area contributed by atoms with Crippen LogP contribution in [0, 0.1) is 16.0 Å². The second kappa shape index (κ2) is 7.10. The summed E-state index contributed by atoms with van der Waals surface area (Å²) >= 11 is 3.35. The van der Waals surface area contributed by atoms with E-state index in [2.05, 4.69) is 43.5 Å². The number of hydrogen-bond donors (Lipinski definition) is 1. The summed E-state index contributed by atoms with van der Waals surface area (Å²) in [6.07, 6.45) is 3.64. The van der Waals surface area contributed by atoms with Gasteiger partial charge >= 0.3 is 5.69 Å². The number of nitrogens with zero attached hydrogens (tertiary/aromatic N) is 5. The molecule has 1 N–H and O–H groups in total. The van der Waals surface area contributed by atoms with Crippen molar-refractivity contribution in [2.75, 3.05) is 23.3 Å². The van der Waals surface area contributed by atoms with Crippen molar-refractivity contribution in [1.29, 1.82) is 0 Å². The van der Waals surface area contributed by atoms with E-state index in [0.29, 0.717) is 28.6 Å². The second-order valence-corrected chi connectivity index (χ2v) is 7.58. The lowest BCUT2D eigenvalue weighted by Gasteiger charge is -2.31. The van der Waals surface area contributed by atoms with Crippen molar-refractivity contribution in [3.05, 3.63) is 39.0 Å². The minimum Gasteiger partial charge on any atom is -0.366 e. The van der Waals surface area contributed by atoms with E-state index in [4.69, 9.17) is 4.63 Å². The Labute approximate surface area is 163 Å². The number of fused-ring (bicyclic) bond motifs is 1. The number of halogens is 1. The molecule has 1 aliphatic heterocycles. The monoisotopic (exact) mass is 432 g/mol. The molecule has 0 radical (unpaired) electrons. The van der Waals surface area contributed by atoms with Crippen LogP contribution >= 0.6 is 15.9 Å². The molecular weight excluding hydrogens is 416 g/mol. The van der Waals surface area contributed by atoms with E-state index >= 15 is 0 Å². The third-order valence-electron chi connectivity index (χ3n) is 4.79. The summed E-state index contributed by atoms with van der Waals surface area (Å²) in [5.74, 6) is 1.21. The summed E-state index contributed by atoms with van der Waals surface area (Å²) in [6.45, 7) is 3.71. The van der Waals surface area contributed by atoms with Crippen molar-refractivity contribution in [3.63, 3.8) is 0 Å². The van der Waals surface area contributed by atoms with Crippen LogP contribution < -0.4 is 10.2 Å². The summed E-state index contributed by atoms with van der Waals surface area (Å²) in [5, 5.41) is 22.6. The van der Waals surface area contributed by atoms with E-state index in [1.165, 1.54) is 0 Å². The number of nitrogens with one attached hydrogen (secondary N) is 1. The van der Waals surface area contributed by atoms with Crippen molar-refractivity contribution >= 4 is 49.8 Å². The van der Waals surface area contributed by atoms with Gasteiger partial charge in [0.1, 0.15) is 11.5 Å². The number of anilines is 3. The van der Waals surface area contributed by atoms with Crippen LogP contribution in [0.15, 0.2) is 33.5 Å². The number of pyridine rings is 1. The molecule has 0 spiro atoms. The van der Waals surface area contributed by atoms with Crippen LogP contribution in [-0.2, 0) is 0 Å². The fourth-order valence-electron chi connectivity index (χ4n) is 3.27. The molecule has 3 heterocycles. The summed E-state index contributed by atoms with van der Waals surface area (Å²) in [7, 11) is 0. The zero-order valence-electron chi connectivity index (χ0n) is 14.6. The molecule has 3 aromatic rings. The van der Waals surface area contributed by atoms with E-state index in [0.717, 1.165) is 30.4 Å². The Balaban J connectivity index is 1.81. The summed E-state index contributed by atoms with van der Waals surface area (Å²) in [4.78, 5) is 17.7. The molecule has 0 bridgehead atoms. The van der Waals surface area contributed by atoms with Gasteiger partial charge in [-0.1, -0.05) is 6.92 Å². The first-order chi connectivity index (χ1) is 13.0. The summed E-state index contributed by atoms with van der Waals surface area (Å²) in [5.41, 5.74) is 1.46. The fraction of sp³-hybridized carbons (Fsp3) is 0.353. The number of nitro benzene ring substituents is 1. The number of benzene rings is 1. The number of hydrogen-bond acceptors (Lipinski definition) is 8. The Bertz CT molecular complexity index is 982.